The van der Waals surface area contributed by atoms with Gasteiger partial charge in [-0.3, -0.25) is 0 Å². The van der Waals surface area contributed by atoms with Gasteiger partial charge in [0.15, 0.2) is 0 Å². The first-order chi connectivity index (χ1) is 8.88. The molecule has 1 N–H and O–H groups in total. The number of anilines is 1. The van der Waals surface area contributed by atoms with Crippen LogP contribution in [-0.2, 0) is 0 Å². The quantitative estimate of drug-likeness (QED) is 0.753. The van der Waals surface area contributed by atoms with Crippen molar-refractivity contribution in [2.45, 2.75) is 26.2 Å². The first-order valence-electron chi connectivity index (χ1n) is 6.93. The van der Waals surface area contributed by atoms with Crippen LogP contribution in [0.2, 0.25) is 0 Å². The van der Waals surface area contributed by atoms with Crippen molar-refractivity contribution < 1.29 is 4.74 Å². The molecule has 2 heterocycles. The molecular formula is C14H23N3O. The highest BCUT2D eigenvalue weighted by Crippen LogP contribution is 2.12. The molecule has 0 unspecified atom stereocenters. The minimum absolute atomic E-state index is 0.662. The van der Waals surface area contributed by atoms with E-state index in [1.165, 1.54) is 38.9 Å². The molecule has 1 saturated heterocycles. The van der Waals surface area contributed by atoms with Crippen molar-refractivity contribution in [2.24, 2.45) is 0 Å². The van der Waals surface area contributed by atoms with Crippen LogP contribution in [-0.4, -0.2) is 42.7 Å². The van der Waals surface area contributed by atoms with Crippen molar-refractivity contribution in [3.8, 4) is 5.88 Å². The molecular weight excluding hydrogens is 226 g/mol. The van der Waals surface area contributed by atoms with Crippen LogP contribution >= 0.6 is 0 Å². The van der Waals surface area contributed by atoms with E-state index in [0.29, 0.717) is 12.5 Å². The Morgan fingerprint density at radius 1 is 1.33 bits per heavy atom. The summed E-state index contributed by atoms with van der Waals surface area (Å²) in [5.41, 5.74) is 1.07. The topological polar surface area (TPSA) is 37.4 Å². The van der Waals surface area contributed by atoms with Crippen molar-refractivity contribution in [3.63, 3.8) is 0 Å². The van der Waals surface area contributed by atoms with Gasteiger partial charge < -0.3 is 15.0 Å². The second kappa shape index (κ2) is 7.21. The molecule has 1 aliphatic rings. The van der Waals surface area contributed by atoms with Crippen molar-refractivity contribution in [1.82, 2.24) is 9.88 Å². The third-order valence-electron chi connectivity index (χ3n) is 3.21. The Hall–Kier alpha value is -1.29. The smallest absolute Gasteiger partial charge is 0.213 e. The Morgan fingerprint density at radius 2 is 2.17 bits per heavy atom. The van der Waals surface area contributed by atoms with Crippen molar-refractivity contribution in [3.05, 3.63) is 18.3 Å². The molecule has 100 valence electrons. The van der Waals surface area contributed by atoms with Crippen LogP contribution in [0.3, 0.4) is 0 Å². The zero-order valence-electron chi connectivity index (χ0n) is 11.2. The summed E-state index contributed by atoms with van der Waals surface area (Å²) in [4.78, 5) is 6.77. The van der Waals surface area contributed by atoms with E-state index >= 15 is 0 Å². The summed E-state index contributed by atoms with van der Waals surface area (Å²) in [5, 5.41) is 3.39. The van der Waals surface area contributed by atoms with Crippen LogP contribution in [0.5, 0.6) is 5.88 Å². The summed E-state index contributed by atoms with van der Waals surface area (Å²) in [7, 11) is 0. The average Bonchev–Trinajstić information content (AvgIpc) is 2.90. The lowest BCUT2D eigenvalue weighted by molar-refractivity contribution is 0.327. The number of ether oxygens (including phenoxy) is 1. The zero-order chi connectivity index (χ0) is 12.6. The van der Waals surface area contributed by atoms with Gasteiger partial charge in [-0.1, -0.05) is 0 Å². The number of nitrogens with zero attached hydrogens (tertiary/aromatic N) is 2. The Morgan fingerprint density at radius 3 is 2.83 bits per heavy atom. The van der Waals surface area contributed by atoms with Gasteiger partial charge in [0.05, 0.1) is 18.5 Å². The molecule has 0 aromatic carbocycles. The van der Waals surface area contributed by atoms with Crippen LogP contribution in [0, 0.1) is 0 Å². The Kier molecular flexibility index (Phi) is 5.27. The van der Waals surface area contributed by atoms with E-state index < -0.39 is 0 Å². The lowest BCUT2D eigenvalue weighted by Gasteiger charge is -2.14. The van der Waals surface area contributed by atoms with Gasteiger partial charge in [0.1, 0.15) is 0 Å². The molecule has 0 spiro atoms. The first kappa shape index (κ1) is 13.1. The van der Waals surface area contributed by atoms with E-state index in [2.05, 4.69) is 15.2 Å². The summed E-state index contributed by atoms with van der Waals surface area (Å²) in [6, 6.07) is 3.93. The van der Waals surface area contributed by atoms with E-state index in [1.807, 2.05) is 25.3 Å². The molecule has 18 heavy (non-hydrogen) atoms. The summed E-state index contributed by atoms with van der Waals surface area (Å²) in [5.74, 6) is 0.695. The zero-order valence-corrected chi connectivity index (χ0v) is 11.2. The van der Waals surface area contributed by atoms with Gasteiger partial charge in [0.2, 0.25) is 5.88 Å². The van der Waals surface area contributed by atoms with Gasteiger partial charge >= 0.3 is 0 Å². The van der Waals surface area contributed by atoms with E-state index in [1.54, 1.807) is 0 Å². The van der Waals surface area contributed by atoms with E-state index in [-0.39, 0.29) is 0 Å². The first-order valence-corrected chi connectivity index (χ1v) is 6.93. The predicted molar refractivity (Wildman–Crippen MR) is 74.2 cm³/mol. The summed E-state index contributed by atoms with van der Waals surface area (Å²) >= 11 is 0. The molecule has 0 saturated carbocycles. The highest BCUT2D eigenvalue weighted by Gasteiger charge is 2.09. The SMILES string of the molecule is CCOc1ccc(NCCCN2CCCC2)cn1. The standard InChI is InChI=1S/C14H23N3O/c1-2-18-14-7-6-13(12-16-14)15-8-5-11-17-9-3-4-10-17/h6-7,12,15H,2-5,8-11H2,1H3. The summed E-state index contributed by atoms with van der Waals surface area (Å²) in [6.45, 7) is 7.40. The number of hydrogen-bond acceptors (Lipinski definition) is 4. The average molecular weight is 249 g/mol. The molecule has 0 radical (unpaired) electrons. The summed E-state index contributed by atoms with van der Waals surface area (Å²) in [6.07, 6.45) is 5.76. The Bertz CT molecular complexity index is 333. The van der Waals surface area contributed by atoms with Gasteiger partial charge in [0.25, 0.3) is 0 Å². The van der Waals surface area contributed by atoms with E-state index in [9.17, 15) is 0 Å². The van der Waals surface area contributed by atoms with E-state index in [0.717, 1.165) is 12.2 Å². The molecule has 1 aromatic heterocycles. The maximum Gasteiger partial charge on any atom is 0.213 e. The van der Waals surface area contributed by atoms with Gasteiger partial charge in [-0.15, -0.1) is 0 Å². The molecule has 1 aromatic rings. The third kappa shape index (κ3) is 4.18. The Balaban J connectivity index is 1.63. The van der Waals surface area contributed by atoms with Crippen LogP contribution in [0.15, 0.2) is 18.3 Å². The number of nitrogens with one attached hydrogen (secondary N) is 1. The van der Waals surface area contributed by atoms with Crippen LogP contribution in [0.4, 0.5) is 5.69 Å². The molecule has 0 atom stereocenters. The maximum atomic E-state index is 5.31. The van der Waals surface area contributed by atoms with E-state index in [4.69, 9.17) is 4.74 Å². The molecule has 4 heteroatoms. The van der Waals surface area contributed by atoms with Crippen LogP contribution < -0.4 is 10.1 Å². The molecule has 0 aliphatic carbocycles. The normalized spacial score (nSPS) is 15.8. The molecule has 0 amide bonds. The highest BCUT2D eigenvalue weighted by atomic mass is 16.5. The Labute approximate surface area is 109 Å². The molecule has 0 bridgehead atoms. The second-order valence-corrected chi connectivity index (χ2v) is 4.65. The highest BCUT2D eigenvalue weighted by molar-refractivity contribution is 5.41. The fourth-order valence-electron chi connectivity index (χ4n) is 2.26. The number of pyridine rings is 1. The lowest BCUT2D eigenvalue weighted by Crippen LogP contribution is -2.22. The van der Waals surface area contributed by atoms with Crippen molar-refractivity contribution in [2.75, 3.05) is 38.1 Å². The fourth-order valence-corrected chi connectivity index (χ4v) is 2.26. The maximum absolute atomic E-state index is 5.31. The van der Waals surface area contributed by atoms with Gasteiger partial charge in [0, 0.05) is 12.6 Å². The van der Waals surface area contributed by atoms with Crippen molar-refractivity contribution >= 4 is 5.69 Å². The van der Waals surface area contributed by atoms with Crippen LogP contribution in [0.25, 0.3) is 0 Å². The minimum Gasteiger partial charge on any atom is -0.478 e. The lowest BCUT2D eigenvalue weighted by atomic mass is 10.3. The van der Waals surface area contributed by atoms with Gasteiger partial charge in [-0.05, 0) is 51.9 Å². The predicted octanol–water partition coefficient (Wildman–Crippen LogP) is 2.38. The van der Waals surface area contributed by atoms with Gasteiger partial charge in [-0.25, -0.2) is 4.98 Å². The molecule has 1 fully saturated rings. The number of hydrogen-bond donors (Lipinski definition) is 1. The molecule has 2 rings (SSSR count). The second-order valence-electron chi connectivity index (χ2n) is 4.65. The monoisotopic (exact) mass is 249 g/mol. The van der Waals surface area contributed by atoms with Crippen LogP contribution in [0.1, 0.15) is 26.2 Å². The largest absolute Gasteiger partial charge is 0.478 e. The number of rotatable bonds is 7. The molecule has 4 nitrogen and oxygen atoms in total. The number of likely N-dealkylation sites (tertiary alicyclic amines) is 1. The fraction of sp³-hybridized carbons (Fsp3) is 0.643. The number of aromatic nitrogens is 1. The van der Waals surface area contributed by atoms with Crippen molar-refractivity contribution in [1.29, 1.82) is 0 Å². The molecule has 1 aliphatic heterocycles. The minimum atomic E-state index is 0.662. The van der Waals surface area contributed by atoms with Gasteiger partial charge in [-0.2, -0.15) is 0 Å². The summed E-state index contributed by atoms with van der Waals surface area (Å²) < 4.78 is 5.31. The third-order valence-corrected chi connectivity index (χ3v) is 3.21.